The molecular formula is C12H18FNO. The lowest BCUT2D eigenvalue weighted by atomic mass is 9.82. The number of hydrogen-bond donors (Lipinski definition) is 2. The summed E-state index contributed by atoms with van der Waals surface area (Å²) in [5, 5.41) is 9.95. The van der Waals surface area contributed by atoms with Crippen LogP contribution in [-0.2, 0) is 0 Å². The zero-order valence-corrected chi connectivity index (χ0v) is 9.37. The minimum absolute atomic E-state index is 0.314. The van der Waals surface area contributed by atoms with Gasteiger partial charge in [-0.15, -0.1) is 0 Å². The Labute approximate surface area is 89.9 Å². The molecule has 0 aliphatic heterocycles. The van der Waals surface area contributed by atoms with Gasteiger partial charge >= 0.3 is 0 Å². The molecule has 2 nitrogen and oxygen atoms in total. The standard InChI is InChI=1S/C12H18FNO/c1-12(2,3)11(15)10(14)8-5-4-6-9(13)7-8/h4-7,10-11,15H,14H2,1-3H3/t10-,11-/m0/s1. The smallest absolute Gasteiger partial charge is 0.123 e. The number of aliphatic hydroxyl groups excluding tert-OH is 1. The third-order valence-corrected chi connectivity index (χ3v) is 2.46. The molecule has 3 N–H and O–H groups in total. The highest BCUT2D eigenvalue weighted by atomic mass is 19.1. The van der Waals surface area contributed by atoms with Crippen LogP contribution in [0, 0.1) is 11.2 Å². The normalized spacial score (nSPS) is 16.1. The number of benzene rings is 1. The van der Waals surface area contributed by atoms with E-state index in [0.29, 0.717) is 5.56 Å². The third-order valence-electron chi connectivity index (χ3n) is 2.46. The van der Waals surface area contributed by atoms with E-state index >= 15 is 0 Å². The minimum Gasteiger partial charge on any atom is -0.391 e. The van der Waals surface area contributed by atoms with Gasteiger partial charge in [0.1, 0.15) is 5.82 Å². The summed E-state index contributed by atoms with van der Waals surface area (Å²) in [5.74, 6) is -0.330. The van der Waals surface area contributed by atoms with Crippen LogP contribution in [0.2, 0.25) is 0 Å². The van der Waals surface area contributed by atoms with Gasteiger partial charge in [-0.25, -0.2) is 4.39 Å². The summed E-state index contributed by atoms with van der Waals surface area (Å²) in [7, 11) is 0. The molecule has 0 bridgehead atoms. The van der Waals surface area contributed by atoms with Crippen molar-refractivity contribution < 1.29 is 9.50 Å². The van der Waals surface area contributed by atoms with Crippen molar-refractivity contribution in [3.8, 4) is 0 Å². The molecule has 0 aromatic heterocycles. The van der Waals surface area contributed by atoms with Gasteiger partial charge < -0.3 is 10.8 Å². The molecule has 0 saturated heterocycles. The van der Waals surface area contributed by atoms with Crippen LogP contribution in [0.15, 0.2) is 24.3 Å². The summed E-state index contributed by atoms with van der Waals surface area (Å²) in [6.07, 6.45) is -0.695. The summed E-state index contributed by atoms with van der Waals surface area (Å²) < 4.78 is 13.0. The molecule has 1 aromatic carbocycles. The van der Waals surface area contributed by atoms with E-state index in [0.717, 1.165) is 0 Å². The van der Waals surface area contributed by atoms with Crippen molar-refractivity contribution in [1.29, 1.82) is 0 Å². The highest BCUT2D eigenvalue weighted by molar-refractivity contribution is 5.21. The Bertz CT molecular complexity index is 333. The van der Waals surface area contributed by atoms with E-state index < -0.39 is 12.1 Å². The van der Waals surface area contributed by atoms with Crippen LogP contribution in [0.5, 0.6) is 0 Å². The first-order valence-corrected chi connectivity index (χ1v) is 5.01. The van der Waals surface area contributed by atoms with E-state index in [2.05, 4.69) is 0 Å². The lowest BCUT2D eigenvalue weighted by molar-refractivity contribution is 0.0400. The molecule has 1 rings (SSSR count). The summed E-state index contributed by atoms with van der Waals surface area (Å²) in [4.78, 5) is 0. The zero-order chi connectivity index (χ0) is 11.6. The Morgan fingerprint density at radius 3 is 2.40 bits per heavy atom. The first kappa shape index (κ1) is 12.1. The highest BCUT2D eigenvalue weighted by Gasteiger charge is 2.28. The predicted octanol–water partition coefficient (Wildman–Crippen LogP) is 2.23. The topological polar surface area (TPSA) is 46.2 Å². The van der Waals surface area contributed by atoms with Gasteiger partial charge in [-0.05, 0) is 23.1 Å². The van der Waals surface area contributed by atoms with Crippen LogP contribution in [0.4, 0.5) is 4.39 Å². The molecule has 0 fully saturated rings. The van der Waals surface area contributed by atoms with Crippen molar-refractivity contribution in [3.63, 3.8) is 0 Å². The Kier molecular flexibility index (Phi) is 3.47. The fourth-order valence-electron chi connectivity index (χ4n) is 1.43. The summed E-state index contributed by atoms with van der Waals surface area (Å²) in [5.41, 5.74) is 6.19. The maximum Gasteiger partial charge on any atom is 0.123 e. The van der Waals surface area contributed by atoms with Crippen molar-refractivity contribution in [2.45, 2.75) is 32.9 Å². The molecule has 1 aromatic rings. The maximum atomic E-state index is 13.0. The molecule has 0 aliphatic carbocycles. The van der Waals surface area contributed by atoms with Gasteiger partial charge in [-0.3, -0.25) is 0 Å². The molecule has 15 heavy (non-hydrogen) atoms. The Balaban J connectivity index is 2.90. The number of rotatable bonds is 2. The molecule has 84 valence electrons. The summed E-state index contributed by atoms with van der Waals surface area (Å²) >= 11 is 0. The summed E-state index contributed by atoms with van der Waals surface area (Å²) in [6, 6.07) is 5.49. The highest BCUT2D eigenvalue weighted by Crippen LogP contribution is 2.28. The number of nitrogens with two attached hydrogens (primary N) is 1. The van der Waals surface area contributed by atoms with Crippen LogP contribution >= 0.6 is 0 Å². The van der Waals surface area contributed by atoms with E-state index in [1.807, 2.05) is 20.8 Å². The van der Waals surface area contributed by atoms with E-state index in [-0.39, 0.29) is 11.2 Å². The van der Waals surface area contributed by atoms with E-state index in [9.17, 15) is 9.50 Å². The lowest BCUT2D eigenvalue weighted by Crippen LogP contribution is -2.36. The van der Waals surface area contributed by atoms with Crippen molar-refractivity contribution in [2.24, 2.45) is 11.1 Å². The second-order valence-electron chi connectivity index (χ2n) is 4.89. The fraction of sp³-hybridized carbons (Fsp3) is 0.500. The first-order chi connectivity index (χ1) is 6.82. The molecule has 2 atom stereocenters. The molecule has 0 aliphatic rings. The van der Waals surface area contributed by atoms with Gasteiger partial charge in [0.05, 0.1) is 12.1 Å². The van der Waals surface area contributed by atoms with Crippen molar-refractivity contribution in [1.82, 2.24) is 0 Å². The average Bonchev–Trinajstić information content (AvgIpc) is 2.14. The van der Waals surface area contributed by atoms with Crippen molar-refractivity contribution >= 4 is 0 Å². The van der Waals surface area contributed by atoms with E-state index in [1.165, 1.54) is 12.1 Å². The Morgan fingerprint density at radius 1 is 1.33 bits per heavy atom. The van der Waals surface area contributed by atoms with Crippen LogP contribution < -0.4 is 5.73 Å². The first-order valence-electron chi connectivity index (χ1n) is 5.01. The molecule has 0 radical (unpaired) electrons. The average molecular weight is 211 g/mol. The van der Waals surface area contributed by atoms with Gasteiger partial charge in [0.15, 0.2) is 0 Å². The second-order valence-corrected chi connectivity index (χ2v) is 4.89. The van der Waals surface area contributed by atoms with Crippen molar-refractivity contribution in [2.75, 3.05) is 0 Å². The third kappa shape index (κ3) is 3.01. The lowest BCUT2D eigenvalue weighted by Gasteiger charge is -2.31. The maximum absolute atomic E-state index is 13.0. The number of halogens is 1. The number of aliphatic hydroxyl groups is 1. The molecule has 0 amide bonds. The van der Waals surface area contributed by atoms with Gasteiger partial charge in [-0.1, -0.05) is 32.9 Å². The molecular weight excluding hydrogens is 193 g/mol. The van der Waals surface area contributed by atoms with Crippen LogP contribution in [-0.4, -0.2) is 11.2 Å². The molecule has 3 heteroatoms. The van der Waals surface area contributed by atoms with Crippen molar-refractivity contribution in [3.05, 3.63) is 35.6 Å². The van der Waals surface area contributed by atoms with Crippen LogP contribution in [0.3, 0.4) is 0 Å². The summed E-state index contributed by atoms with van der Waals surface area (Å²) in [6.45, 7) is 5.70. The van der Waals surface area contributed by atoms with Gasteiger partial charge in [-0.2, -0.15) is 0 Å². The van der Waals surface area contributed by atoms with Gasteiger partial charge in [0, 0.05) is 0 Å². The van der Waals surface area contributed by atoms with Gasteiger partial charge in [0.2, 0.25) is 0 Å². The minimum atomic E-state index is -0.695. The van der Waals surface area contributed by atoms with Crippen LogP contribution in [0.1, 0.15) is 32.4 Å². The molecule has 0 spiro atoms. The molecule has 0 saturated carbocycles. The predicted molar refractivity (Wildman–Crippen MR) is 58.8 cm³/mol. The number of hydrogen-bond acceptors (Lipinski definition) is 2. The fourth-order valence-corrected chi connectivity index (χ4v) is 1.43. The van der Waals surface area contributed by atoms with Gasteiger partial charge in [0.25, 0.3) is 0 Å². The quantitative estimate of drug-likeness (QED) is 0.788. The second kappa shape index (κ2) is 4.29. The molecule has 0 heterocycles. The Morgan fingerprint density at radius 2 is 1.93 bits per heavy atom. The van der Waals surface area contributed by atoms with E-state index in [4.69, 9.17) is 5.73 Å². The zero-order valence-electron chi connectivity index (χ0n) is 9.37. The van der Waals surface area contributed by atoms with E-state index in [1.54, 1.807) is 12.1 Å². The molecule has 0 unspecified atom stereocenters. The SMILES string of the molecule is CC(C)(C)[C@@H](O)[C@@H](N)c1cccc(F)c1. The monoisotopic (exact) mass is 211 g/mol. The largest absolute Gasteiger partial charge is 0.391 e. The Hall–Kier alpha value is -0.930. The van der Waals surface area contributed by atoms with Crippen LogP contribution in [0.25, 0.3) is 0 Å².